The van der Waals surface area contributed by atoms with Gasteiger partial charge in [-0.3, -0.25) is 4.79 Å². The van der Waals surface area contributed by atoms with Gasteiger partial charge in [0.25, 0.3) is 0 Å². The molecule has 1 saturated carbocycles. The molecule has 0 saturated heterocycles. The van der Waals surface area contributed by atoms with E-state index in [1.807, 2.05) is 18.2 Å². The fourth-order valence-electron chi connectivity index (χ4n) is 4.85. The Hall–Kier alpha value is -2.54. The number of benzene rings is 1. The molecule has 4 nitrogen and oxygen atoms in total. The van der Waals surface area contributed by atoms with Crippen molar-refractivity contribution in [2.45, 2.75) is 50.9 Å². The van der Waals surface area contributed by atoms with Crippen LogP contribution in [0.1, 0.15) is 56.4 Å². The van der Waals surface area contributed by atoms with Crippen LogP contribution in [0, 0.1) is 23.2 Å². The summed E-state index contributed by atoms with van der Waals surface area (Å²) >= 11 is 0. The maximum Gasteiger partial charge on any atom is 0.204 e. The lowest BCUT2D eigenvalue weighted by atomic mass is 9.68. The molecule has 4 heteroatoms. The van der Waals surface area contributed by atoms with Crippen LogP contribution in [-0.2, 0) is 9.53 Å². The maximum absolute atomic E-state index is 13.1. The van der Waals surface area contributed by atoms with Crippen LogP contribution in [0.25, 0.3) is 0 Å². The minimum atomic E-state index is -0.173. The van der Waals surface area contributed by atoms with Crippen molar-refractivity contribution < 1.29 is 9.53 Å². The highest BCUT2D eigenvalue weighted by Gasteiger charge is 2.43. The molecule has 4 rings (SSSR count). The van der Waals surface area contributed by atoms with E-state index in [4.69, 9.17) is 10.5 Å². The van der Waals surface area contributed by atoms with E-state index in [0.717, 1.165) is 36.8 Å². The zero-order valence-corrected chi connectivity index (χ0v) is 14.9. The number of hydrogen-bond acceptors (Lipinski definition) is 4. The second-order valence-electron chi connectivity index (χ2n) is 7.64. The first kappa shape index (κ1) is 16.9. The minimum Gasteiger partial charge on any atom is -0.444 e. The molecule has 26 heavy (non-hydrogen) atoms. The zero-order chi connectivity index (χ0) is 18.1. The van der Waals surface area contributed by atoms with Gasteiger partial charge in [0.15, 0.2) is 5.78 Å². The number of nitriles is 1. The first-order chi connectivity index (χ1) is 12.7. The molecule has 2 atom stereocenters. The number of carbonyl (C=O) groups is 1. The Kier molecular flexibility index (Phi) is 4.55. The van der Waals surface area contributed by atoms with Crippen LogP contribution in [0.2, 0.25) is 0 Å². The van der Waals surface area contributed by atoms with Gasteiger partial charge in [0.1, 0.15) is 11.8 Å². The quantitative estimate of drug-likeness (QED) is 0.864. The third-order valence-corrected chi connectivity index (χ3v) is 6.10. The smallest absolute Gasteiger partial charge is 0.204 e. The molecule has 0 spiro atoms. The number of Topliss-reactive ketones (excluding diaryl/α,β-unsaturated/α-hetero) is 1. The summed E-state index contributed by atoms with van der Waals surface area (Å²) in [5.41, 5.74) is 8.46. The summed E-state index contributed by atoms with van der Waals surface area (Å²) in [6.45, 7) is 0. The highest BCUT2D eigenvalue weighted by Crippen LogP contribution is 2.47. The highest BCUT2D eigenvalue weighted by atomic mass is 16.5. The van der Waals surface area contributed by atoms with Crippen molar-refractivity contribution in [3.8, 4) is 6.07 Å². The van der Waals surface area contributed by atoms with Crippen molar-refractivity contribution in [2.24, 2.45) is 17.6 Å². The van der Waals surface area contributed by atoms with Crippen LogP contribution < -0.4 is 5.73 Å². The van der Waals surface area contributed by atoms with Crippen LogP contribution >= 0.6 is 0 Å². The Labute approximate surface area is 154 Å². The summed E-state index contributed by atoms with van der Waals surface area (Å²) in [6.07, 6.45) is 6.80. The van der Waals surface area contributed by atoms with E-state index < -0.39 is 0 Å². The third-order valence-electron chi connectivity index (χ3n) is 6.10. The molecule has 1 aromatic rings. The lowest BCUT2D eigenvalue weighted by Gasteiger charge is -2.38. The average molecular weight is 348 g/mol. The molecule has 1 aliphatic heterocycles. The number of ketones is 1. The van der Waals surface area contributed by atoms with Gasteiger partial charge in [-0.05, 0) is 30.2 Å². The number of carbonyl (C=O) groups excluding carboxylic acids is 1. The van der Waals surface area contributed by atoms with Crippen LogP contribution in [0.15, 0.2) is 53.1 Å². The van der Waals surface area contributed by atoms with Crippen LogP contribution in [-0.4, -0.2) is 5.78 Å². The lowest BCUT2D eigenvalue weighted by molar-refractivity contribution is -0.117. The second-order valence-corrected chi connectivity index (χ2v) is 7.64. The van der Waals surface area contributed by atoms with Crippen molar-refractivity contribution >= 4 is 5.78 Å². The molecule has 3 aliphatic rings. The van der Waals surface area contributed by atoms with Gasteiger partial charge in [-0.2, -0.15) is 5.26 Å². The molecular weight excluding hydrogens is 324 g/mol. The molecule has 0 amide bonds. The van der Waals surface area contributed by atoms with E-state index in [1.165, 1.54) is 6.42 Å². The molecule has 0 bridgehead atoms. The monoisotopic (exact) mass is 348 g/mol. The fourth-order valence-corrected chi connectivity index (χ4v) is 4.85. The van der Waals surface area contributed by atoms with Crippen LogP contribution in [0.3, 0.4) is 0 Å². The standard InChI is InChI=1S/C22H24N2O2/c23-13-17-20(15-9-5-2-6-10-15)21-18(25)11-16(12-19(21)26-22(17)24)14-7-3-1-4-8-14/h1,3-4,7-8,15-16,20H,2,5-6,9-12,24H2. The predicted molar refractivity (Wildman–Crippen MR) is 98.4 cm³/mol. The Bertz CT molecular complexity index is 810. The third kappa shape index (κ3) is 2.92. The van der Waals surface area contributed by atoms with E-state index in [1.54, 1.807) is 0 Å². The fraction of sp³-hybridized carbons (Fsp3) is 0.455. The highest BCUT2D eigenvalue weighted by molar-refractivity contribution is 5.99. The number of ether oxygens (including phenoxy) is 1. The summed E-state index contributed by atoms with van der Waals surface area (Å²) in [4.78, 5) is 13.1. The molecular formula is C22H24N2O2. The Morgan fingerprint density at radius 1 is 1.08 bits per heavy atom. The average Bonchev–Trinajstić information content (AvgIpc) is 2.68. The Morgan fingerprint density at radius 3 is 2.50 bits per heavy atom. The topological polar surface area (TPSA) is 76.1 Å². The molecule has 134 valence electrons. The van der Waals surface area contributed by atoms with Crippen molar-refractivity contribution in [1.82, 2.24) is 0 Å². The normalized spacial score (nSPS) is 27.0. The summed E-state index contributed by atoms with van der Waals surface area (Å²) in [6, 6.07) is 12.3. The minimum absolute atomic E-state index is 0.117. The van der Waals surface area contributed by atoms with Gasteiger partial charge < -0.3 is 10.5 Å². The zero-order valence-electron chi connectivity index (χ0n) is 14.9. The van der Waals surface area contributed by atoms with Gasteiger partial charge in [0.05, 0.1) is 5.57 Å². The maximum atomic E-state index is 13.1. The molecule has 0 radical (unpaired) electrons. The Balaban J connectivity index is 1.71. The lowest BCUT2D eigenvalue weighted by Crippen LogP contribution is -2.35. The number of rotatable bonds is 2. The van der Waals surface area contributed by atoms with Crippen LogP contribution in [0.5, 0.6) is 0 Å². The van der Waals surface area contributed by atoms with Gasteiger partial charge in [-0.1, -0.05) is 49.6 Å². The second kappa shape index (κ2) is 6.99. The van der Waals surface area contributed by atoms with Gasteiger partial charge in [-0.15, -0.1) is 0 Å². The van der Waals surface area contributed by atoms with Gasteiger partial charge >= 0.3 is 0 Å². The summed E-state index contributed by atoms with van der Waals surface area (Å²) in [7, 11) is 0. The molecule has 2 unspecified atom stereocenters. The summed E-state index contributed by atoms with van der Waals surface area (Å²) in [5, 5.41) is 9.67. The van der Waals surface area contributed by atoms with Crippen LogP contribution in [0.4, 0.5) is 0 Å². The van der Waals surface area contributed by atoms with Gasteiger partial charge in [0.2, 0.25) is 5.88 Å². The van der Waals surface area contributed by atoms with E-state index in [0.29, 0.717) is 30.1 Å². The Morgan fingerprint density at radius 2 is 1.81 bits per heavy atom. The van der Waals surface area contributed by atoms with E-state index in [2.05, 4.69) is 18.2 Å². The number of allylic oxidation sites excluding steroid dienone is 3. The first-order valence-electron chi connectivity index (χ1n) is 9.57. The summed E-state index contributed by atoms with van der Waals surface area (Å²) < 4.78 is 5.83. The number of hydrogen-bond donors (Lipinski definition) is 1. The molecule has 2 N–H and O–H groups in total. The molecule has 0 aromatic heterocycles. The van der Waals surface area contributed by atoms with Crippen molar-refractivity contribution in [2.75, 3.05) is 0 Å². The van der Waals surface area contributed by atoms with E-state index in [-0.39, 0.29) is 23.5 Å². The van der Waals surface area contributed by atoms with E-state index >= 15 is 0 Å². The molecule has 1 aromatic carbocycles. The van der Waals surface area contributed by atoms with Gasteiger partial charge in [0, 0.05) is 24.3 Å². The van der Waals surface area contributed by atoms with Crippen molar-refractivity contribution in [3.63, 3.8) is 0 Å². The van der Waals surface area contributed by atoms with E-state index in [9.17, 15) is 10.1 Å². The molecule has 1 fully saturated rings. The largest absolute Gasteiger partial charge is 0.444 e. The molecule has 1 heterocycles. The molecule has 2 aliphatic carbocycles. The predicted octanol–water partition coefficient (Wildman–Crippen LogP) is 4.31. The summed E-state index contributed by atoms with van der Waals surface area (Å²) in [5.74, 6) is 1.28. The van der Waals surface area contributed by atoms with Crippen molar-refractivity contribution in [1.29, 1.82) is 5.26 Å². The first-order valence-corrected chi connectivity index (χ1v) is 9.57. The number of nitrogens with zero attached hydrogens (tertiary/aromatic N) is 1. The van der Waals surface area contributed by atoms with Gasteiger partial charge in [-0.25, -0.2) is 0 Å². The van der Waals surface area contributed by atoms with Crippen molar-refractivity contribution in [3.05, 3.63) is 58.7 Å². The number of nitrogens with two attached hydrogens (primary N) is 1. The SMILES string of the molecule is N#CC1=C(N)OC2=C(C(=O)CC(c3ccccc3)C2)C1C1CCCCC1.